The fourth-order valence-electron chi connectivity index (χ4n) is 15.2. The second-order valence-electron chi connectivity index (χ2n) is 22.6. The van der Waals surface area contributed by atoms with Crippen molar-refractivity contribution in [3.8, 4) is 11.1 Å². The highest BCUT2D eigenvalue weighted by Crippen LogP contribution is 2.64. The summed E-state index contributed by atoms with van der Waals surface area (Å²) in [6.07, 6.45) is 23.5. The lowest BCUT2D eigenvalue weighted by Crippen LogP contribution is -2.50. The van der Waals surface area contributed by atoms with E-state index in [0.717, 1.165) is 38.6 Å². The molecule has 2 heteroatoms. The first-order valence-electron chi connectivity index (χ1n) is 26.5. The maximum Gasteiger partial charge on any atom is 0.0534 e. The van der Waals surface area contributed by atoms with Gasteiger partial charge < -0.3 is 9.80 Å². The number of nitrogens with zero attached hydrogens (tertiary/aromatic N) is 2. The predicted molar refractivity (Wildman–Crippen MR) is 300 cm³/mol. The minimum atomic E-state index is -0.110. The third kappa shape index (κ3) is 6.14. The predicted octanol–water partition coefficient (Wildman–Crippen LogP) is 16.6. The first-order valence-corrected chi connectivity index (χ1v) is 26.5. The summed E-state index contributed by atoms with van der Waals surface area (Å²) in [6, 6.07) is 67.6. The van der Waals surface area contributed by atoms with E-state index in [0.29, 0.717) is 0 Å². The third-order valence-corrected chi connectivity index (χ3v) is 18.5. The third-order valence-electron chi connectivity index (χ3n) is 18.5. The zero-order valence-corrected chi connectivity index (χ0v) is 41.3. The molecule has 15 rings (SSSR count). The van der Waals surface area contributed by atoms with Crippen molar-refractivity contribution in [1.82, 2.24) is 0 Å². The molecule has 72 heavy (non-hydrogen) atoms. The molecule has 0 N–H and O–H groups in total. The van der Waals surface area contributed by atoms with Crippen LogP contribution in [0.5, 0.6) is 0 Å². The largest absolute Gasteiger partial charge is 0.341 e. The Morgan fingerprint density at radius 3 is 1.71 bits per heavy atom. The van der Waals surface area contributed by atoms with E-state index in [-0.39, 0.29) is 28.1 Å². The number of allylic oxidation sites excluding steroid dienone is 3. The summed E-state index contributed by atoms with van der Waals surface area (Å²) < 4.78 is 0. The van der Waals surface area contributed by atoms with Gasteiger partial charge in [0.1, 0.15) is 0 Å². The number of benzene rings is 8. The van der Waals surface area contributed by atoms with Crippen LogP contribution in [0.3, 0.4) is 0 Å². The molecule has 8 aromatic rings. The van der Waals surface area contributed by atoms with Gasteiger partial charge in [0.25, 0.3) is 0 Å². The zero-order chi connectivity index (χ0) is 47.8. The number of rotatable bonds is 4. The summed E-state index contributed by atoms with van der Waals surface area (Å²) in [6.45, 7) is 6.15. The highest BCUT2D eigenvalue weighted by molar-refractivity contribution is 5.91. The molecule has 2 aliphatic heterocycles. The molecule has 0 saturated heterocycles. The molecule has 0 amide bonds. The molecule has 7 aliphatic rings. The van der Waals surface area contributed by atoms with Crippen LogP contribution in [-0.2, 0) is 42.9 Å². The quantitative estimate of drug-likeness (QED) is 0.162. The van der Waals surface area contributed by atoms with Crippen LogP contribution in [-0.4, -0.2) is 6.54 Å². The summed E-state index contributed by atoms with van der Waals surface area (Å²) in [5.41, 5.74) is 27.4. The first kappa shape index (κ1) is 42.0. The number of hydrogen-bond acceptors (Lipinski definition) is 2. The Labute approximate surface area is 425 Å². The van der Waals surface area contributed by atoms with Gasteiger partial charge in [-0.2, -0.15) is 0 Å². The number of hydrogen-bond donors (Lipinski definition) is 0. The molecule has 0 saturated carbocycles. The highest BCUT2D eigenvalue weighted by atomic mass is 15.2. The molecule has 2 unspecified atom stereocenters. The molecular weight excluding hydrogens is 869 g/mol. The van der Waals surface area contributed by atoms with Gasteiger partial charge in [-0.1, -0.05) is 196 Å². The summed E-state index contributed by atoms with van der Waals surface area (Å²) in [4.78, 5) is 5.12. The van der Waals surface area contributed by atoms with Crippen LogP contribution in [0.25, 0.3) is 35.4 Å². The Hall–Kier alpha value is -7.68. The monoisotopic (exact) mass is 926 g/mol. The van der Waals surface area contributed by atoms with Gasteiger partial charge in [-0.3, -0.25) is 0 Å². The number of fused-ring (bicyclic) bond motifs is 16. The van der Waals surface area contributed by atoms with Gasteiger partial charge in [0.05, 0.1) is 11.4 Å². The topological polar surface area (TPSA) is 6.48 Å². The van der Waals surface area contributed by atoms with E-state index in [1.807, 2.05) is 0 Å². The Morgan fingerprint density at radius 1 is 0.500 bits per heavy atom. The SMILES string of the molecule is CC1(C)C2C=CC(N3c4ccccc4C=Cc4ccccc43)=CC1C1(Cc3ccccc3C1)c1cc(C=Cc3ccc4c(c3)C3(Cc5ccccc5C3)c3cc(N5CCCc6ccccc65)ccc3-4)ccc12. The van der Waals surface area contributed by atoms with Crippen LogP contribution in [0.2, 0.25) is 0 Å². The van der Waals surface area contributed by atoms with Gasteiger partial charge in [0, 0.05) is 40.4 Å². The van der Waals surface area contributed by atoms with E-state index in [4.69, 9.17) is 0 Å². The minimum absolute atomic E-state index is 0.0370. The molecule has 0 aromatic heterocycles. The lowest BCUT2D eigenvalue weighted by molar-refractivity contribution is 0.116. The van der Waals surface area contributed by atoms with Gasteiger partial charge in [-0.15, -0.1) is 0 Å². The van der Waals surface area contributed by atoms with Crippen molar-refractivity contribution in [2.24, 2.45) is 11.3 Å². The van der Waals surface area contributed by atoms with Gasteiger partial charge in [-0.25, -0.2) is 0 Å². The Bertz CT molecular complexity index is 3600. The van der Waals surface area contributed by atoms with Crippen molar-refractivity contribution < 1.29 is 0 Å². The second kappa shape index (κ2) is 15.7. The molecule has 0 fully saturated rings. The molecule has 2 heterocycles. The molecule has 2 nitrogen and oxygen atoms in total. The smallest absolute Gasteiger partial charge is 0.0534 e. The van der Waals surface area contributed by atoms with Gasteiger partial charge in [0.2, 0.25) is 0 Å². The Kier molecular flexibility index (Phi) is 9.14. The molecule has 348 valence electrons. The van der Waals surface area contributed by atoms with Crippen molar-refractivity contribution in [3.05, 3.63) is 272 Å². The minimum Gasteiger partial charge on any atom is -0.341 e. The molecule has 0 radical (unpaired) electrons. The summed E-state index contributed by atoms with van der Waals surface area (Å²) in [5, 5.41) is 0. The maximum absolute atomic E-state index is 2.70. The standard InChI is InChI=1S/C70H58N2/c1-68(2)60-36-32-56(72-65-23-11-8-15-49(65)29-30-50-16-9-12-24-66(50)72)41-67(68)70(44-53-19-5-6-20-54(53)45-70)62-39-47(28-34-59(60)62)26-25-46-27-33-57-58-35-31-55(71-37-13-21-48-14-7-10-22-64(48)71)40-63(58)69(61(57)38-46)42-51-17-3-4-18-52(51)43-69/h3-12,14-20,22-36,38-41,60,67H,13,21,37,42-45H2,1-2H3. The van der Waals surface area contributed by atoms with Crippen LogP contribution in [0.1, 0.15) is 98.5 Å². The normalized spacial score (nSPS) is 20.4. The van der Waals surface area contributed by atoms with Crippen LogP contribution >= 0.6 is 0 Å². The van der Waals surface area contributed by atoms with E-state index >= 15 is 0 Å². The molecule has 2 bridgehead atoms. The molecule has 2 atom stereocenters. The van der Waals surface area contributed by atoms with Crippen LogP contribution in [0.15, 0.2) is 200 Å². The van der Waals surface area contributed by atoms with Crippen LogP contribution < -0.4 is 9.80 Å². The van der Waals surface area contributed by atoms with E-state index in [9.17, 15) is 0 Å². The summed E-state index contributed by atoms with van der Waals surface area (Å²) in [5.74, 6) is 0.523. The van der Waals surface area contributed by atoms with Crippen LogP contribution in [0.4, 0.5) is 22.7 Å². The van der Waals surface area contributed by atoms with Crippen molar-refractivity contribution >= 4 is 47.1 Å². The lowest BCUT2D eigenvalue weighted by Gasteiger charge is -2.54. The fourth-order valence-corrected chi connectivity index (χ4v) is 15.2. The summed E-state index contributed by atoms with van der Waals surface area (Å²) >= 11 is 0. The highest BCUT2D eigenvalue weighted by Gasteiger charge is 2.57. The van der Waals surface area contributed by atoms with Crippen molar-refractivity contribution in [3.63, 3.8) is 0 Å². The Balaban J connectivity index is 0.829. The average molecular weight is 927 g/mol. The van der Waals surface area contributed by atoms with Crippen molar-refractivity contribution in [2.75, 3.05) is 16.3 Å². The molecule has 2 spiro atoms. The fraction of sp³-hybridized carbons (Fsp3) is 0.200. The first-order chi connectivity index (χ1) is 35.3. The molecular formula is C70H58N2. The van der Waals surface area contributed by atoms with Gasteiger partial charge >= 0.3 is 0 Å². The van der Waals surface area contributed by atoms with E-state index in [1.54, 1.807) is 0 Å². The molecule has 5 aliphatic carbocycles. The zero-order valence-electron chi connectivity index (χ0n) is 41.3. The van der Waals surface area contributed by atoms with Gasteiger partial charge in [-0.05, 0) is 170 Å². The lowest BCUT2D eigenvalue weighted by atomic mass is 9.49. The number of para-hydroxylation sites is 3. The summed E-state index contributed by atoms with van der Waals surface area (Å²) in [7, 11) is 0. The number of anilines is 4. The van der Waals surface area contributed by atoms with Crippen LogP contribution in [0, 0.1) is 11.3 Å². The number of aryl methyl sites for hydroxylation is 1. The second-order valence-corrected chi connectivity index (χ2v) is 22.6. The average Bonchev–Trinajstić information content (AvgIpc) is 4.02. The molecule has 8 aromatic carbocycles. The van der Waals surface area contributed by atoms with Crippen molar-refractivity contribution in [1.29, 1.82) is 0 Å². The maximum atomic E-state index is 2.70. The van der Waals surface area contributed by atoms with E-state index in [1.165, 1.54) is 118 Å². The Morgan fingerprint density at radius 2 is 1.04 bits per heavy atom. The van der Waals surface area contributed by atoms with Gasteiger partial charge in [0.15, 0.2) is 0 Å². The van der Waals surface area contributed by atoms with E-state index in [2.05, 4.69) is 242 Å². The van der Waals surface area contributed by atoms with Crippen molar-refractivity contribution in [2.45, 2.75) is 69.1 Å². The van der Waals surface area contributed by atoms with E-state index < -0.39 is 0 Å².